The van der Waals surface area contributed by atoms with Crippen molar-refractivity contribution >= 4 is 17.7 Å². The molecule has 2 nitrogen and oxygen atoms in total. The molecule has 0 fully saturated rings. The minimum absolute atomic E-state index is 0.00784. The van der Waals surface area contributed by atoms with E-state index >= 15 is 0 Å². The zero-order valence-corrected chi connectivity index (χ0v) is 16.5. The van der Waals surface area contributed by atoms with Gasteiger partial charge in [-0.15, -0.1) is 11.8 Å². The number of hydrogen-bond donors (Lipinski definition) is 0. The third-order valence-corrected chi connectivity index (χ3v) is 4.78. The van der Waals surface area contributed by atoms with Crippen LogP contribution in [0, 0.1) is 5.92 Å². The van der Waals surface area contributed by atoms with E-state index in [1.165, 1.54) is 0 Å². The average Bonchev–Trinajstić information content (AvgIpc) is 2.47. The molecule has 0 saturated heterocycles. The highest BCUT2D eigenvalue weighted by atomic mass is 32.2. The van der Waals surface area contributed by atoms with Gasteiger partial charge in [0.2, 0.25) is 0 Å². The smallest absolute Gasteiger partial charge is 0.460 e. The molecule has 28 heavy (non-hydrogen) atoms. The summed E-state index contributed by atoms with van der Waals surface area (Å²) in [5.41, 5.74) is 0. The maximum atomic E-state index is 13.5. The van der Waals surface area contributed by atoms with Crippen molar-refractivity contribution in [2.24, 2.45) is 5.92 Å². The third-order valence-electron chi connectivity index (χ3n) is 3.46. The van der Waals surface area contributed by atoms with Gasteiger partial charge in [0.05, 0.1) is 6.10 Å². The SMILES string of the molecule is CC(C)CC(SCCCC(F)(F)C(F)(F)C(F)(F)C(F)(F)F)C(=O)OC(C)C. The van der Waals surface area contributed by atoms with Crippen LogP contribution >= 0.6 is 11.8 Å². The lowest BCUT2D eigenvalue weighted by Gasteiger charge is -2.33. The average molecular weight is 450 g/mol. The highest BCUT2D eigenvalue weighted by molar-refractivity contribution is 8.00. The quantitative estimate of drug-likeness (QED) is 0.209. The molecular formula is C16H23F9O2S. The van der Waals surface area contributed by atoms with Crippen LogP contribution in [0.4, 0.5) is 39.5 Å². The molecule has 0 aromatic heterocycles. The van der Waals surface area contributed by atoms with Crippen molar-refractivity contribution in [3.8, 4) is 0 Å². The topological polar surface area (TPSA) is 26.3 Å². The Labute approximate surface area is 161 Å². The van der Waals surface area contributed by atoms with E-state index < -0.39 is 54.1 Å². The van der Waals surface area contributed by atoms with Crippen molar-refractivity contribution in [3.63, 3.8) is 0 Å². The molecule has 0 bridgehead atoms. The fourth-order valence-corrected chi connectivity index (χ4v) is 3.36. The van der Waals surface area contributed by atoms with Crippen LogP contribution in [-0.2, 0) is 9.53 Å². The van der Waals surface area contributed by atoms with Crippen molar-refractivity contribution in [3.05, 3.63) is 0 Å². The summed E-state index contributed by atoms with van der Waals surface area (Å²) >= 11 is 0.802. The maximum Gasteiger partial charge on any atom is 0.460 e. The third kappa shape index (κ3) is 6.91. The van der Waals surface area contributed by atoms with Gasteiger partial charge in [-0.2, -0.15) is 39.5 Å². The Morgan fingerprint density at radius 2 is 1.39 bits per heavy atom. The van der Waals surface area contributed by atoms with Gasteiger partial charge in [-0.25, -0.2) is 0 Å². The van der Waals surface area contributed by atoms with E-state index in [0.717, 1.165) is 11.8 Å². The first kappa shape index (κ1) is 27.2. The van der Waals surface area contributed by atoms with Crippen LogP contribution in [0.3, 0.4) is 0 Å². The molecule has 0 aliphatic carbocycles. The van der Waals surface area contributed by atoms with Gasteiger partial charge in [-0.1, -0.05) is 13.8 Å². The number of carbonyl (C=O) groups excluding carboxylic acids is 1. The van der Waals surface area contributed by atoms with Gasteiger partial charge in [-0.05, 0) is 38.4 Å². The first-order valence-electron chi connectivity index (χ1n) is 8.39. The fraction of sp³-hybridized carbons (Fsp3) is 0.938. The molecular weight excluding hydrogens is 427 g/mol. The van der Waals surface area contributed by atoms with Crippen LogP contribution in [0.15, 0.2) is 0 Å². The van der Waals surface area contributed by atoms with Crippen molar-refractivity contribution in [1.29, 1.82) is 0 Å². The largest absolute Gasteiger partial charge is 0.462 e. The van der Waals surface area contributed by atoms with Gasteiger partial charge in [0.1, 0.15) is 5.25 Å². The standard InChI is InChI=1S/C16H23F9O2S/c1-9(2)8-11(12(26)27-10(3)4)28-7-5-6-13(17,18)14(19,20)15(21,22)16(23,24)25/h9-11H,5-8H2,1-4H3. The van der Waals surface area contributed by atoms with Gasteiger partial charge in [0.25, 0.3) is 0 Å². The zero-order chi connectivity index (χ0) is 22.6. The Bertz CT molecular complexity index is 505. The zero-order valence-electron chi connectivity index (χ0n) is 15.7. The lowest BCUT2D eigenvalue weighted by atomic mass is 10.00. The van der Waals surface area contributed by atoms with E-state index in [9.17, 15) is 44.3 Å². The summed E-state index contributed by atoms with van der Waals surface area (Å²) in [6.07, 6.45) is -9.68. The molecule has 0 heterocycles. The van der Waals surface area contributed by atoms with E-state index in [4.69, 9.17) is 4.74 Å². The number of esters is 1. The first-order valence-corrected chi connectivity index (χ1v) is 9.44. The summed E-state index contributed by atoms with van der Waals surface area (Å²) in [7, 11) is 0. The number of ether oxygens (including phenoxy) is 1. The van der Waals surface area contributed by atoms with Crippen molar-refractivity contribution in [2.75, 3.05) is 5.75 Å². The lowest BCUT2D eigenvalue weighted by Crippen LogP contribution is -2.60. The summed E-state index contributed by atoms with van der Waals surface area (Å²) in [6, 6.07) is 0. The second-order valence-corrected chi connectivity index (χ2v) is 8.24. The van der Waals surface area contributed by atoms with E-state index in [1.807, 2.05) is 0 Å². The molecule has 0 radical (unpaired) electrons. The van der Waals surface area contributed by atoms with E-state index in [2.05, 4.69) is 0 Å². The van der Waals surface area contributed by atoms with Crippen molar-refractivity contribution in [2.45, 2.75) is 82.3 Å². The molecule has 1 unspecified atom stereocenters. The van der Waals surface area contributed by atoms with E-state index in [1.54, 1.807) is 27.7 Å². The molecule has 12 heteroatoms. The van der Waals surface area contributed by atoms with Crippen molar-refractivity contribution < 1.29 is 49.0 Å². The molecule has 1 atom stereocenters. The van der Waals surface area contributed by atoms with Gasteiger partial charge in [0, 0.05) is 6.42 Å². The molecule has 0 saturated carbocycles. The molecule has 0 rings (SSSR count). The van der Waals surface area contributed by atoms with Crippen LogP contribution in [-0.4, -0.2) is 47.0 Å². The monoisotopic (exact) mass is 450 g/mol. The van der Waals surface area contributed by atoms with Crippen LogP contribution in [0.2, 0.25) is 0 Å². The molecule has 0 aliphatic heterocycles. The van der Waals surface area contributed by atoms with E-state index in [-0.39, 0.29) is 18.1 Å². The van der Waals surface area contributed by atoms with E-state index in [0.29, 0.717) is 0 Å². The normalized spacial score (nSPS) is 15.2. The van der Waals surface area contributed by atoms with Crippen LogP contribution in [0.1, 0.15) is 47.0 Å². The Kier molecular flexibility index (Phi) is 9.51. The second kappa shape index (κ2) is 9.80. The molecule has 0 amide bonds. The number of alkyl halides is 9. The number of halogens is 9. The van der Waals surface area contributed by atoms with Gasteiger partial charge >= 0.3 is 29.9 Å². The number of rotatable bonds is 11. The number of carbonyl (C=O) groups is 1. The molecule has 0 spiro atoms. The van der Waals surface area contributed by atoms with Crippen LogP contribution in [0.25, 0.3) is 0 Å². The number of hydrogen-bond acceptors (Lipinski definition) is 3. The molecule has 0 aromatic rings. The second-order valence-electron chi connectivity index (χ2n) is 6.93. The van der Waals surface area contributed by atoms with Gasteiger partial charge < -0.3 is 4.74 Å². The molecule has 0 aromatic carbocycles. The Morgan fingerprint density at radius 3 is 1.79 bits per heavy atom. The highest BCUT2D eigenvalue weighted by Crippen LogP contribution is 2.54. The minimum atomic E-state index is -6.88. The fourth-order valence-electron chi connectivity index (χ4n) is 2.05. The predicted octanol–water partition coefficient (Wildman–Crippen LogP) is 6.33. The Morgan fingerprint density at radius 1 is 0.893 bits per heavy atom. The van der Waals surface area contributed by atoms with Gasteiger partial charge in [0.15, 0.2) is 0 Å². The van der Waals surface area contributed by atoms with Crippen LogP contribution < -0.4 is 0 Å². The number of thioether (sulfide) groups is 1. The summed E-state index contributed by atoms with van der Waals surface area (Å²) in [5.74, 6) is -20.0. The Hall–Kier alpha value is -0.810. The summed E-state index contributed by atoms with van der Waals surface area (Å²) in [6.45, 7) is 6.70. The molecule has 0 aliphatic rings. The molecule has 0 N–H and O–H groups in total. The Balaban J connectivity index is 4.96. The minimum Gasteiger partial charge on any atom is -0.462 e. The lowest BCUT2D eigenvalue weighted by molar-refractivity contribution is -0.396. The maximum absolute atomic E-state index is 13.5. The molecule has 168 valence electrons. The summed E-state index contributed by atoms with van der Waals surface area (Å²) in [5, 5.41) is -0.798. The van der Waals surface area contributed by atoms with Gasteiger partial charge in [-0.3, -0.25) is 4.79 Å². The first-order chi connectivity index (χ1) is 12.4. The van der Waals surface area contributed by atoms with Crippen molar-refractivity contribution in [1.82, 2.24) is 0 Å². The summed E-state index contributed by atoms with van der Waals surface area (Å²) in [4.78, 5) is 11.9. The van der Waals surface area contributed by atoms with Crippen LogP contribution in [0.5, 0.6) is 0 Å². The summed E-state index contributed by atoms with van der Waals surface area (Å²) < 4.78 is 120. The highest BCUT2D eigenvalue weighted by Gasteiger charge is 2.81. The predicted molar refractivity (Wildman–Crippen MR) is 87.1 cm³/mol.